The fraction of sp³-hybridized carbons (Fsp3) is 0.822. The number of allylic oxidation sites excluding steroid dienone is 3. The SMILES string of the molecule is CCCCCC=CCCCCCC=CC(=O)NC1C(OC2C(CO)OC(OC3C(CO)OC(OC4C(COS(=O)(=O)O)OC(O)C(NC(C)=O)C4O)C(NC(C)=O)C3O)C(NC(C)=O)C2O)OC(CO)C(O)C1O. The Hall–Kier alpha value is -3.41. The highest BCUT2D eigenvalue weighted by molar-refractivity contribution is 7.80. The van der Waals surface area contributed by atoms with Gasteiger partial charge in [-0.15, -0.1) is 0 Å². The molecule has 14 N–H and O–H groups in total. The highest BCUT2D eigenvalue weighted by Crippen LogP contribution is 2.35. The molecule has 4 heterocycles. The first-order chi connectivity index (χ1) is 35.0. The minimum absolute atomic E-state index is 0.556. The fourth-order valence-corrected chi connectivity index (χ4v) is 9.23. The van der Waals surface area contributed by atoms with Gasteiger partial charge in [-0.05, 0) is 44.6 Å². The van der Waals surface area contributed by atoms with Crippen LogP contribution in [0.5, 0.6) is 0 Å². The van der Waals surface area contributed by atoms with Gasteiger partial charge in [-0.3, -0.25) is 23.7 Å². The van der Waals surface area contributed by atoms with E-state index in [2.05, 4.69) is 44.5 Å². The number of hydrogen-bond acceptors (Lipinski definition) is 23. The number of carbonyl (C=O) groups excluding carboxylic acids is 4. The number of unbranched alkanes of at least 4 members (excludes halogenated alkanes) is 7. The standard InChI is InChI=1S/C45H76N4O24S/c1-5-6-7-8-9-10-11-12-13-14-15-16-17-29(56)49-31-35(58)34(57)25(18-50)68-43(31)71-39-26(19-51)69-44(32(37(39)60)47-23(3)54)72-40-27(20-52)70-45(33(38(40)61)48-24(4)55)73-41-28(21-66-74(63,64)65)67-42(62)30(36(41)59)46-22(2)53/h9-10,16-17,25-28,30-45,50-52,57-62H,5-8,11-15,18-21H2,1-4H3,(H,46,53)(H,47,54)(H,48,55)(H,49,56)(H,63,64,65). The van der Waals surface area contributed by atoms with Gasteiger partial charge in [-0.2, -0.15) is 8.42 Å². The molecule has 0 aromatic heterocycles. The Balaban J connectivity index is 1.54. The lowest BCUT2D eigenvalue weighted by atomic mass is 9.93. The third kappa shape index (κ3) is 18.4. The number of hydrogen-bond donors (Lipinski definition) is 14. The van der Waals surface area contributed by atoms with Crippen molar-refractivity contribution in [2.24, 2.45) is 0 Å². The predicted octanol–water partition coefficient (Wildman–Crippen LogP) is -4.72. The van der Waals surface area contributed by atoms with E-state index in [0.717, 1.165) is 65.7 Å². The van der Waals surface area contributed by atoms with Gasteiger partial charge in [0.05, 0.1) is 26.4 Å². The second kappa shape index (κ2) is 30.5. The zero-order valence-corrected chi connectivity index (χ0v) is 42.5. The van der Waals surface area contributed by atoms with Crippen LogP contribution in [0.2, 0.25) is 0 Å². The van der Waals surface area contributed by atoms with Crippen molar-refractivity contribution in [2.75, 3.05) is 26.4 Å². The van der Waals surface area contributed by atoms with Gasteiger partial charge in [-0.25, -0.2) is 4.18 Å². The molecule has 4 saturated heterocycles. The van der Waals surface area contributed by atoms with Crippen molar-refractivity contribution < 1.29 is 115 Å². The molecule has 4 fully saturated rings. The van der Waals surface area contributed by atoms with Crippen LogP contribution in [0, 0.1) is 0 Å². The van der Waals surface area contributed by atoms with E-state index in [0.29, 0.717) is 6.42 Å². The second-order valence-corrected chi connectivity index (χ2v) is 19.5. The van der Waals surface area contributed by atoms with E-state index in [1.165, 1.54) is 12.5 Å². The molecule has 4 rings (SSSR count). The number of nitrogens with one attached hydrogen (secondary N) is 4. The van der Waals surface area contributed by atoms with Crippen molar-refractivity contribution in [2.45, 2.75) is 208 Å². The lowest BCUT2D eigenvalue weighted by Crippen LogP contribution is -2.71. The van der Waals surface area contributed by atoms with E-state index < -0.39 is 183 Å². The van der Waals surface area contributed by atoms with Gasteiger partial charge in [0.1, 0.15) is 97.4 Å². The zero-order chi connectivity index (χ0) is 54.9. The monoisotopic (exact) mass is 1090 g/mol. The molecule has 20 unspecified atom stereocenters. The summed E-state index contributed by atoms with van der Waals surface area (Å²) in [6.45, 7) is 1.33. The molecule has 4 amide bonds. The Labute approximate surface area is 428 Å². The molecule has 0 spiro atoms. The molecule has 0 bridgehead atoms. The van der Waals surface area contributed by atoms with Crippen LogP contribution in [0.25, 0.3) is 0 Å². The molecule has 0 radical (unpaired) electrons. The van der Waals surface area contributed by atoms with Crippen molar-refractivity contribution >= 4 is 34.0 Å². The molecule has 0 aliphatic carbocycles. The smallest absolute Gasteiger partial charge is 0.394 e. The van der Waals surface area contributed by atoms with Crippen LogP contribution in [0.1, 0.15) is 85.5 Å². The molecule has 20 atom stereocenters. The van der Waals surface area contributed by atoms with Crippen molar-refractivity contribution in [3.05, 3.63) is 24.3 Å². The van der Waals surface area contributed by atoms with E-state index in [4.69, 9.17) is 33.2 Å². The van der Waals surface area contributed by atoms with Crippen LogP contribution in [-0.4, -0.2) is 232 Å². The minimum atomic E-state index is -5.15. The van der Waals surface area contributed by atoms with Crippen LogP contribution in [-0.2, 0) is 66.9 Å². The summed E-state index contributed by atoms with van der Waals surface area (Å²) in [7, 11) is -5.15. The van der Waals surface area contributed by atoms with E-state index in [9.17, 15) is 78.1 Å². The second-order valence-electron chi connectivity index (χ2n) is 18.4. The van der Waals surface area contributed by atoms with Gasteiger partial charge in [0.15, 0.2) is 25.2 Å². The van der Waals surface area contributed by atoms with Gasteiger partial charge in [-0.1, -0.05) is 44.4 Å². The topological polar surface area (TPSA) is 427 Å². The Bertz CT molecular complexity index is 1940. The summed E-state index contributed by atoms with van der Waals surface area (Å²) in [4.78, 5) is 50.3. The number of ether oxygens (including phenoxy) is 7. The van der Waals surface area contributed by atoms with Gasteiger partial charge >= 0.3 is 10.4 Å². The van der Waals surface area contributed by atoms with Crippen LogP contribution < -0.4 is 21.3 Å². The molecule has 4 aliphatic heterocycles. The Morgan fingerprint density at radius 1 is 0.514 bits per heavy atom. The van der Waals surface area contributed by atoms with Gasteiger partial charge in [0.25, 0.3) is 0 Å². The highest BCUT2D eigenvalue weighted by atomic mass is 32.3. The van der Waals surface area contributed by atoms with Crippen LogP contribution in [0.15, 0.2) is 24.3 Å². The molecule has 4 aliphatic rings. The molecule has 0 aromatic rings. The average molecular weight is 1090 g/mol. The molecule has 0 aromatic carbocycles. The third-order valence-corrected chi connectivity index (χ3v) is 13.0. The third-order valence-electron chi connectivity index (χ3n) is 12.6. The van der Waals surface area contributed by atoms with Crippen LogP contribution in [0.3, 0.4) is 0 Å². The normalized spacial score (nSPS) is 36.9. The lowest BCUT2D eigenvalue weighted by Gasteiger charge is -2.51. The first-order valence-corrected chi connectivity index (χ1v) is 26.0. The summed E-state index contributed by atoms with van der Waals surface area (Å²) < 4.78 is 77.7. The maximum atomic E-state index is 13.2. The Morgan fingerprint density at radius 2 is 0.919 bits per heavy atom. The number of aliphatic hydroxyl groups is 9. The molecule has 29 heteroatoms. The van der Waals surface area contributed by atoms with Gasteiger partial charge in [0, 0.05) is 20.8 Å². The van der Waals surface area contributed by atoms with Crippen molar-refractivity contribution in [1.29, 1.82) is 0 Å². The minimum Gasteiger partial charge on any atom is -0.394 e. The summed E-state index contributed by atoms with van der Waals surface area (Å²) in [5.41, 5.74) is 0. The first-order valence-electron chi connectivity index (χ1n) is 24.6. The Kier molecular flexibility index (Phi) is 26.0. The zero-order valence-electron chi connectivity index (χ0n) is 41.6. The lowest BCUT2D eigenvalue weighted by molar-refractivity contribution is -0.361. The molecule has 0 saturated carbocycles. The number of rotatable bonds is 27. The van der Waals surface area contributed by atoms with Gasteiger partial charge in [0.2, 0.25) is 23.6 Å². The first kappa shape index (κ1) is 63.1. The molecule has 28 nitrogen and oxygen atoms in total. The summed E-state index contributed by atoms with van der Waals surface area (Å²) in [5, 5.41) is 108. The van der Waals surface area contributed by atoms with Crippen LogP contribution >= 0.6 is 0 Å². The highest BCUT2D eigenvalue weighted by Gasteiger charge is 2.56. The van der Waals surface area contributed by atoms with Crippen molar-refractivity contribution in [1.82, 2.24) is 21.3 Å². The fourth-order valence-electron chi connectivity index (χ4n) is 8.93. The molecule has 74 heavy (non-hydrogen) atoms. The molecular weight excluding hydrogens is 1010 g/mol. The summed E-state index contributed by atoms with van der Waals surface area (Å²) in [5.74, 6) is -3.11. The Morgan fingerprint density at radius 3 is 1.36 bits per heavy atom. The van der Waals surface area contributed by atoms with E-state index in [1.54, 1.807) is 6.08 Å². The molecular formula is C45H76N4O24S. The quantitative estimate of drug-likeness (QED) is 0.0159. The van der Waals surface area contributed by atoms with Crippen molar-refractivity contribution in [3.63, 3.8) is 0 Å². The van der Waals surface area contributed by atoms with Crippen LogP contribution in [0.4, 0.5) is 0 Å². The van der Waals surface area contributed by atoms with Gasteiger partial charge < -0.3 is 100 Å². The number of amides is 4. The summed E-state index contributed by atoms with van der Waals surface area (Å²) >= 11 is 0. The van der Waals surface area contributed by atoms with E-state index >= 15 is 0 Å². The maximum absolute atomic E-state index is 13.2. The summed E-state index contributed by atoms with van der Waals surface area (Å²) in [6, 6.07) is -6.65. The number of aliphatic hydroxyl groups excluding tert-OH is 9. The van der Waals surface area contributed by atoms with E-state index in [-0.39, 0.29) is 0 Å². The van der Waals surface area contributed by atoms with Crippen molar-refractivity contribution in [3.8, 4) is 0 Å². The largest absolute Gasteiger partial charge is 0.397 e. The molecule has 426 valence electrons. The average Bonchev–Trinajstić information content (AvgIpc) is 3.33. The predicted molar refractivity (Wildman–Crippen MR) is 251 cm³/mol. The maximum Gasteiger partial charge on any atom is 0.397 e. The van der Waals surface area contributed by atoms with E-state index in [1.807, 2.05) is 0 Å². The number of carbonyl (C=O) groups is 4. The summed E-state index contributed by atoms with van der Waals surface area (Å²) in [6.07, 6.45) is -13.1.